The third-order valence-corrected chi connectivity index (χ3v) is 4.18. The number of rotatable bonds is 4. The van der Waals surface area contributed by atoms with Crippen molar-refractivity contribution in [2.75, 3.05) is 5.32 Å². The van der Waals surface area contributed by atoms with Crippen LogP contribution in [0.25, 0.3) is 0 Å². The number of carbonyl (C=O) groups is 1. The van der Waals surface area contributed by atoms with E-state index in [9.17, 15) is 4.79 Å². The van der Waals surface area contributed by atoms with Crippen LogP contribution in [0.2, 0.25) is 0 Å². The van der Waals surface area contributed by atoms with Gasteiger partial charge in [-0.25, -0.2) is 0 Å². The normalized spacial score (nSPS) is 21.1. The number of nitrogens with one attached hydrogen (secondary N) is 1. The molecule has 1 N–H and O–H groups in total. The van der Waals surface area contributed by atoms with Gasteiger partial charge in [-0.3, -0.25) is 4.79 Å². The standard InChI is InChI=1S/C14H15N3OS/c1-9-7-11(9)13(18)15-14-17-16-12(19-14)8-10-5-3-2-4-6-10/h2-6,9,11H,7-8H2,1H3,(H,15,17,18)/t9-,11+/m1/s1. The maximum absolute atomic E-state index is 11.8. The Morgan fingerprint density at radius 2 is 2.11 bits per heavy atom. The fourth-order valence-corrected chi connectivity index (χ4v) is 2.81. The third kappa shape index (κ3) is 2.98. The molecule has 0 bridgehead atoms. The Morgan fingerprint density at radius 3 is 2.79 bits per heavy atom. The first-order chi connectivity index (χ1) is 9.22. The molecular weight excluding hydrogens is 258 g/mol. The van der Waals surface area contributed by atoms with Crippen LogP contribution in [0.15, 0.2) is 30.3 Å². The quantitative estimate of drug-likeness (QED) is 0.932. The van der Waals surface area contributed by atoms with Crippen LogP contribution in [0, 0.1) is 11.8 Å². The van der Waals surface area contributed by atoms with Crippen LogP contribution in [0.3, 0.4) is 0 Å². The van der Waals surface area contributed by atoms with E-state index in [0.717, 1.165) is 17.8 Å². The fourth-order valence-electron chi connectivity index (χ4n) is 2.03. The summed E-state index contributed by atoms with van der Waals surface area (Å²) in [5.41, 5.74) is 1.20. The van der Waals surface area contributed by atoms with Gasteiger partial charge in [0.25, 0.3) is 0 Å². The third-order valence-electron chi connectivity index (χ3n) is 3.34. The largest absolute Gasteiger partial charge is 0.300 e. The molecule has 98 valence electrons. The predicted molar refractivity (Wildman–Crippen MR) is 75.1 cm³/mol. The molecule has 2 atom stereocenters. The summed E-state index contributed by atoms with van der Waals surface area (Å²) in [6.07, 6.45) is 1.75. The molecule has 3 rings (SSSR count). The van der Waals surface area contributed by atoms with E-state index in [0.29, 0.717) is 11.0 Å². The van der Waals surface area contributed by atoms with Gasteiger partial charge >= 0.3 is 0 Å². The smallest absolute Gasteiger partial charge is 0.229 e. The average molecular weight is 273 g/mol. The number of hydrogen-bond acceptors (Lipinski definition) is 4. The van der Waals surface area contributed by atoms with E-state index in [1.165, 1.54) is 16.9 Å². The van der Waals surface area contributed by atoms with E-state index < -0.39 is 0 Å². The second-order valence-corrected chi connectivity index (χ2v) is 6.03. The van der Waals surface area contributed by atoms with Gasteiger partial charge in [0.2, 0.25) is 11.0 Å². The van der Waals surface area contributed by atoms with Gasteiger partial charge in [0, 0.05) is 12.3 Å². The van der Waals surface area contributed by atoms with Gasteiger partial charge in [0.1, 0.15) is 5.01 Å². The highest BCUT2D eigenvalue weighted by atomic mass is 32.1. The zero-order valence-electron chi connectivity index (χ0n) is 10.7. The predicted octanol–water partition coefficient (Wildman–Crippen LogP) is 2.72. The van der Waals surface area contributed by atoms with Crippen molar-refractivity contribution in [1.29, 1.82) is 0 Å². The van der Waals surface area contributed by atoms with Crippen molar-refractivity contribution in [3.8, 4) is 0 Å². The summed E-state index contributed by atoms with van der Waals surface area (Å²) in [6, 6.07) is 10.1. The molecule has 1 fully saturated rings. The average Bonchev–Trinajstić information content (AvgIpc) is 2.99. The molecule has 1 aromatic heterocycles. The molecule has 5 heteroatoms. The Kier molecular flexibility index (Phi) is 3.29. The van der Waals surface area contributed by atoms with Gasteiger partial charge in [0.15, 0.2) is 0 Å². The van der Waals surface area contributed by atoms with Gasteiger partial charge in [-0.1, -0.05) is 48.6 Å². The topological polar surface area (TPSA) is 54.9 Å². The van der Waals surface area contributed by atoms with E-state index in [-0.39, 0.29) is 11.8 Å². The Bertz CT molecular complexity index is 581. The molecule has 0 spiro atoms. The van der Waals surface area contributed by atoms with Crippen molar-refractivity contribution in [3.05, 3.63) is 40.9 Å². The molecule has 0 unspecified atom stereocenters. The van der Waals surface area contributed by atoms with Gasteiger partial charge in [-0.15, -0.1) is 10.2 Å². The molecule has 2 aromatic rings. The maximum Gasteiger partial charge on any atom is 0.229 e. The summed E-state index contributed by atoms with van der Waals surface area (Å²) in [6.45, 7) is 2.09. The van der Waals surface area contributed by atoms with Crippen LogP contribution >= 0.6 is 11.3 Å². The highest BCUT2D eigenvalue weighted by molar-refractivity contribution is 7.15. The Labute approximate surface area is 115 Å². The Morgan fingerprint density at radius 1 is 1.37 bits per heavy atom. The first-order valence-corrected chi connectivity index (χ1v) is 7.21. The number of benzene rings is 1. The minimum absolute atomic E-state index is 0.0786. The summed E-state index contributed by atoms with van der Waals surface area (Å²) in [7, 11) is 0. The highest BCUT2D eigenvalue weighted by Crippen LogP contribution is 2.38. The minimum Gasteiger partial charge on any atom is -0.300 e. The van der Waals surface area contributed by atoms with E-state index in [1.807, 2.05) is 18.2 Å². The summed E-state index contributed by atoms with van der Waals surface area (Å²) >= 11 is 1.45. The van der Waals surface area contributed by atoms with Gasteiger partial charge in [-0.05, 0) is 17.9 Å². The Hall–Kier alpha value is -1.75. The van der Waals surface area contributed by atoms with Crippen LogP contribution < -0.4 is 5.32 Å². The van der Waals surface area contributed by atoms with E-state index in [1.54, 1.807) is 0 Å². The number of anilines is 1. The molecule has 1 aromatic carbocycles. The zero-order chi connectivity index (χ0) is 13.2. The lowest BCUT2D eigenvalue weighted by molar-refractivity contribution is -0.117. The van der Waals surface area contributed by atoms with Crippen molar-refractivity contribution in [2.45, 2.75) is 19.8 Å². The molecule has 1 aliphatic rings. The van der Waals surface area contributed by atoms with E-state index >= 15 is 0 Å². The molecule has 1 aliphatic carbocycles. The van der Waals surface area contributed by atoms with Crippen molar-refractivity contribution in [2.24, 2.45) is 11.8 Å². The maximum atomic E-state index is 11.8. The van der Waals surface area contributed by atoms with Crippen molar-refractivity contribution in [1.82, 2.24) is 10.2 Å². The number of amides is 1. The minimum atomic E-state index is 0.0786. The van der Waals surface area contributed by atoms with Crippen molar-refractivity contribution in [3.63, 3.8) is 0 Å². The number of hydrogen-bond donors (Lipinski definition) is 1. The number of nitrogens with zero attached hydrogens (tertiary/aromatic N) is 2. The summed E-state index contributed by atoms with van der Waals surface area (Å²) in [5.74, 6) is 0.757. The van der Waals surface area contributed by atoms with E-state index in [4.69, 9.17) is 0 Å². The lowest BCUT2D eigenvalue weighted by atomic mass is 10.2. The second-order valence-electron chi connectivity index (χ2n) is 4.97. The number of carbonyl (C=O) groups excluding carboxylic acids is 1. The second kappa shape index (κ2) is 5.09. The monoisotopic (exact) mass is 273 g/mol. The van der Waals surface area contributed by atoms with E-state index in [2.05, 4.69) is 34.6 Å². The summed E-state index contributed by atoms with van der Waals surface area (Å²) < 4.78 is 0. The Balaban J connectivity index is 1.62. The van der Waals surface area contributed by atoms with Crippen LogP contribution in [-0.2, 0) is 11.2 Å². The summed E-state index contributed by atoms with van der Waals surface area (Å²) in [4.78, 5) is 11.8. The van der Waals surface area contributed by atoms with Crippen molar-refractivity contribution >= 4 is 22.4 Å². The molecular formula is C14H15N3OS. The SMILES string of the molecule is C[C@@H]1C[C@@H]1C(=O)Nc1nnc(Cc2ccccc2)s1. The first kappa shape index (κ1) is 12.3. The van der Waals surface area contributed by atoms with Crippen LogP contribution in [0.1, 0.15) is 23.9 Å². The van der Waals surface area contributed by atoms with Crippen LogP contribution in [-0.4, -0.2) is 16.1 Å². The van der Waals surface area contributed by atoms with Crippen molar-refractivity contribution < 1.29 is 4.79 Å². The lowest BCUT2D eigenvalue weighted by Crippen LogP contribution is -2.14. The highest BCUT2D eigenvalue weighted by Gasteiger charge is 2.39. The molecule has 1 heterocycles. The molecule has 0 radical (unpaired) electrons. The van der Waals surface area contributed by atoms with Gasteiger partial charge < -0.3 is 5.32 Å². The van der Waals surface area contributed by atoms with Crippen LogP contribution in [0.5, 0.6) is 0 Å². The fraction of sp³-hybridized carbons (Fsp3) is 0.357. The molecule has 19 heavy (non-hydrogen) atoms. The molecule has 4 nitrogen and oxygen atoms in total. The zero-order valence-corrected chi connectivity index (χ0v) is 11.5. The first-order valence-electron chi connectivity index (χ1n) is 6.39. The molecule has 0 saturated heterocycles. The van der Waals surface area contributed by atoms with Crippen LogP contribution in [0.4, 0.5) is 5.13 Å². The van der Waals surface area contributed by atoms with Gasteiger partial charge in [0.05, 0.1) is 0 Å². The summed E-state index contributed by atoms with van der Waals surface area (Å²) in [5, 5.41) is 12.5. The molecule has 1 saturated carbocycles. The number of aromatic nitrogens is 2. The molecule has 0 aliphatic heterocycles. The van der Waals surface area contributed by atoms with Gasteiger partial charge in [-0.2, -0.15) is 0 Å². The molecule has 1 amide bonds. The lowest BCUT2D eigenvalue weighted by Gasteiger charge is -1.97.